The topological polar surface area (TPSA) is 65.0 Å². The van der Waals surface area contributed by atoms with E-state index in [2.05, 4.69) is 0 Å². The molecule has 0 aliphatic carbocycles. The fraction of sp³-hybridized carbons (Fsp3) is 0.667. The van der Waals surface area contributed by atoms with E-state index in [0.717, 1.165) is 0 Å². The summed E-state index contributed by atoms with van der Waals surface area (Å²) in [5, 5.41) is 9.79. The van der Waals surface area contributed by atoms with Crippen LogP contribution in [0.2, 0.25) is 15.1 Å². The van der Waals surface area contributed by atoms with E-state index >= 15 is 0 Å². The maximum Gasteiger partial charge on any atom is 0.474 e. The molecule has 1 rings (SSSR count). The summed E-state index contributed by atoms with van der Waals surface area (Å²) < 4.78 is 28.2. The van der Waals surface area contributed by atoms with Crippen LogP contribution >= 0.6 is 42.6 Å². The third-order valence-electron chi connectivity index (χ3n) is 2.69. The van der Waals surface area contributed by atoms with E-state index in [9.17, 15) is 4.57 Å². The third kappa shape index (κ3) is 13.0. The minimum Gasteiger partial charge on any atom is -0.506 e. The number of hydrogen-bond donors (Lipinski definition) is 1. The van der Waals surface area contributed by atoms with Crippen molar-refractivity contribution >= 4 is 42.6 Å². The number of phosphoric ester groups is 1. The van der Waals surface area contributed by atoms with Crippen molar-refractivity contribution in [2.24, 2.45) is 17.8 Å². The normalized spacial score (nSPS) is 11.9. The number of hydrogen-bond acceptors (Lipinski definition) is 5. The zero-order valence-corrected chi connectivity index (χ0v) is 19.8. The molecule has 158 valence electrons. The van der Waals surface area contributed by atoms with Gasteiger partial charge in [-0.3, -0.25) is 13.6 Å². The molecule has 5 nitrogen and oxygen atoms in total. The van der Waals surface area contributed by atoms with Crippen LogP contribution < -0.4 is 0 Å². The minimum absolute atomic E-state index is 0.0592. The van der Waals surface area contributed by atoms with Crippen molar-refractivity contribution in [3.05, 3.63) is 27.2 Å². The van der Waals surface area contributed by atoms with Crippen LogP contribution in [0.5, 0.6) is 5.75 Å². The van der Waals surface area contributed by atoms with Crippen LogP contribution in [-0.4, -0.2) is 24.9 Å². The molecule has 0 bridgehead atoms. The number of phenols is 1. The first-order chi connectivity index (χ1) is 12.4. The molecule has 1 aromatic rings. The van der Waals surface area contributed by atoms with Crippen molar-refractivity contribution in [3.63, 3.8) is 0 Å². The summed E-state index contributed by atoms with van der Waals surface area (Å²) in [5.41, 5.74) is 0. The summed E-state index contributed by atoms with van der Waals surface area (Å²) in [6.45, 7) is 13.1. The molecule has 0 spiro atoms. The van der Waals surface area contributed by atoms with Crippen LogP contribution in [0, 0.1) is 17.8 Å². The van der Waals surface area contributed by atoms with E-state index in [1.54, 1.807) is 0 Å². The highest BCUT2D eigenvalue weighted by molar-refractivity contribution is 7.48. The lowest BCUT2D eigenvalue weighted by Crippen LogP contribution is -2.10. The van der Waals surface area contributed by atoms with Crippen molar-refractivity contribution in [2.75, 3.05) is 19.8 Å². The van der Waals surface area contributed by atoms with Crippen LogP contribution in [0.15, 0.2) is 12.1 Å². The van der Waals surface area contributed by atoms with Crippen molar-refractivity contribution in [1.82, 2.24) is 0 Å². The van der Waals surface area contributed by atoms with E-state index < -0.39 is 7.82 Å². The van der Waals surface area contributed by atoms with Gasteiger partial charge >= 0.3 is 7.82 Å². The summed E-state index contributed by atoms with van der Waals surface area (Å²) in [5.74, 6) is 0.840. The number of benzene rings is 1. The number of phosphoric acid groups is 1. The average molecular weight is 464 g/mol. The SMILES string of the molecule is CC(C)COP(=O)(OCC(C)C)OCC(C)C.Oc1cc(Cl)c(Cl)cc1Cl. The maximum absolute atomic E-state index is 12.3. The van der Waals surface area contributed by atoms with E-state index in [1.165, 1.54) is 12.1 Å². The fourth-order valence-electron chi connectivity index (χ4n) is 1.34. The molecule has 0 saturated heterocycles. The van der Waals surface area contributed by atoms with Gasteiger partial charge in [0, 0.05) is 6.07 Å². The molecule has 1 N–H and O–H groups in total. The maximum atomic E-state index is 12.3. The van der Waals surface area contributed by atoms with E-state index in [1.807, 2.05) is 41.5 Å². The van der Waals surface area contributed by atoms with Gasteiger partial charge in [0.25, 0.3) is 0 Å². The Bertz CT molecular complexity index is 521. The highest BCUT2D eigenvalue weighted by Gasteiger charge is 2.27. The number of aromatic hydroxyl groups is 1. The summed E-state index contributed by atoms with van der Waals surface area (Å²) in [6, 6.07) is 2.69. The van der Waals surface area contributed by atoms with Gasteiger partial charge < -0.3 is 5.11 Å². The van der Waals surface area contributed by atoms with Crippen molar-refractivity contribution in [3.8, 4) is 5.75 Å². The molecular weight excluding hydrogens is 434 g/mol. The van der Waals surface area contributed by atoms with Crippen LogP contribution in [0.3, 0.4) is 0 Å². The predicted octanol–water partition coefficient (Wildman–Crippen LogP) is 7.46. The summed E-state index contributed by atoms with van der Waals surface area (Å²) in [6.07, 6.45) is 0. The van der Waals surface area contributed by atoms with Crippen LogP contribution in [0.25, 0.3) is 0 Å². The van der Waals surface area contributed by atoms with Gasteiger partial charge in [-0.15, -0.1) is 0 Å². The van der Waals surface area contributed by atoms with Crippen molar-refractivity contribution in [1.29, 1.82) is 0 Å². The van der Waals surface area contributed by atoms with Gasteiger partial charge in [-0.05, 0) is 23.8 Å². The van der Waals surface area contributed by atoms with Gasteiger partial charge in [0.05, 0.1) is 34.9 Å². The van der Waals surface area contributed by atoms with Gasteiger partial charge in [-0.2, -0.15) is 0 Å². The summed E-state index contributed by atoms with van der Waals surface area (Å²) in [7, 11) is -3.38. The Kier molecular flexibility index (Phi) is 13.3. The zero-order chi connectivity index (χ0) is 21.2. The fourth-order valence-corrected chi connectivity index (χ4v) is 3.55. The molecule has 0 aliphatic rings. The Morgan fingerprint density at radius 2 is 1.11 bits per heavy atom. The number of phenolic OH excluding ortho intramolecular Hbond substituents is 1. The largest absolute Gasteiger partial charge is 0.506 e. The first-order valence-corrected chi connectivity index (χ1v) is 11.3. The molecule has 0 fully saturated rings. The second kappa shape index (κ2) is 13.3. The smallest absolute Gasteiger partial charge is 0.474 e. The molecule has 0 saturated carbocycles. The number of rotatable bonds is 9. The van der Waals surface area contributed by atoms with E-state index in [-0.39, 0.29) is 10.8 Å². The Morgan fingerprint density at radius 3 is 1.41 bits per heavy atom. The second-order valence-corrected chi connectivity index (χ2v) is 10.1. The molecule has 0 radical (unpaired) electrons. The Hall–Kier alpha value is -0.000000000000000111. The molecule has 0 aromatic heterocycles. The van der Waals surface area contributed by atoms with Gasteiger partial charge in [0.1, 0.15) is 5.75 Å². The number of halogens is 3. The summed E-state index contributed by atoms with van der Waals surface area (Å²) >= 11 is 16.6. The standard InChI is InChI=1S/C12H27O4P.C6H3Cl3O/c1-10(2)7-14-17(13,15-8-11(3)4)16-9-12(5)6;7-3-1-5(9)6(10)2-4(3)8/h10-12H,7-9H2,1-6H3;1-2,10H. The quantitative estimate of drug-likeness (QED) is 0.304. The molecule has 0 heterocycles. The van der Waals surface area contributed by atoms with Gasteiger partial charge in [-0.25, -0.2) is 4.57 Å². The molecule has 0 atom stereocenters. The molecule has 0 unspecified atom stereocenters. The van der Waals surface area contributed by atoms with Gasteiger partial charge in [0.2, 0.25) is 0 Å². The monoisotopic (exact) mass is 462 g/mol. The van der Waals surface area contributed by atoms with Crippen molar-refractivity contribution < 1.29 is 23.2 Å². The third-order valence-corrected chi connectivity index (χ3v) is 5.11. The Balaban J connectivity index is 0.000000569. The molecular formula is C18H30Cl3O5P. The molecule has 9 heteroatoms. The first kappa shape index (κ1) is 27.0. The zero-order valence-electron chi connectivity index (χ0n) is 16.7. The highest BCUT2D eigenvalue weighted by Crippen LogP contribution is 2.50. The molecule has 27 heavy (non-hydrogen) atoms. The lowest BCUT2D eigenvalue weighted by molar-refractivity contribution is 0.0882. The molecule has 0 amide bonds. The lowest BCUT2D eigenvalue weighted by atomic mass is 10.2. The predicted molar refractivity (Wildman–Crippen MR) is 113 cm³/mol. The van der Waals surface area contributed by atoms with E-state index in [0.29, 0.717) is 47.6 Å². The van der Waals surface area contributed by atoms with Crippen LogP contribution in [0.4, 0.5) is 0 Å². The molecule has 1 aromatic carbocycles. The van der Waals surface area contributed by atoms with E-state index in [4.69, 9.17) is 53.5 Å². The Labute approximate surface area is 177 Å². The lowest BCUT2D eigenvalue weighted by Gasteiger charge is -2.20. The summed E-state index contributed by atoms with van der Waals surface area (Å²) in [4.78, 5) is 0. The first-order valence-electron chi connectivity index (χ1n) is 8.73. The van der Waals surface area contributed by atoms with Crippen LogP contribution in [0.1, 0.15) is 41.5 Å². The second-order valence-electron chi connectivity index (χ2n) is 7.23. The van der Waals surface area contributed by atoms with Gasteiger partial charge in [-0.1, -0.05) is 76.3 Å². The molecule has 0 aliphatic heterocycles. The van der Waals surface area contributed by atoms with Crippen LogP contribution in [-0.2, 0) is 18.1 Å². The minimum atomic E-state index is -3.38. The van der Waals surface area contributed by atoms with Gasteiger partial charge in [0.15, 0.2) is 0 Å². The Morgan fingerprint density at radius 1 is 0.778 bits per heavy atom. The highest BCUT2D eigenvalue weighted by atomic mass is 35.5. The average Bonchev–Trinajstić information content (AvgIpc) is 2.55. The van der Waals surface area contributed by atoms with Crippen molar-refractivity contribution in [2.45, 2.75) is 41.5 Å².